The fourth-order valence-corrected chi connectivity index (χ4v) is 3.85. The summed E-state index contributed by atoms with van der Waals surface area (Å²) < 4.78 is 0. The topological polar surface area (TPSA) is 12.0 Å². The Morgan fingerprint density at radius 3 is 2.33 bits per heavy atom. The maximum absolute atomic E-state index is 3.44. The third-order valence-corrected chi connectivity index (χ3v) is 5.53. The molecule has 1 saturated carbocycles. The highest BCUT2D eigenvalue weighted by atomic mass is 32.2. The molecule has 1 nitrogen and oxygen atoms in total. The first-order valence-electron chi connectivity index (χ1n) is 7.82. The van der Waals surface area contributed by atoms with E-state index in [2.05, 4.69) is 67.0 Å². The molecule has 0 heterocycles. The van der Waals surface area contributed by atoms with Gasteiger partial charge in [-0.25, -0.2) is 0 Å². The van der Waals surface area contributed by atoms with Gasteiger partial charge in [-0.05, 0) is 49.1 Å². The second kappa shape index (κ2) is 7.15. The molecule has 21 heavy (non-hydrogen) atoms. The van der Waals surface area contributed by atoms with Crippen LogP contribution in [-0.4, -0.2) is 12.8 Å². The zero-order valence-electron chi connectivity index (χ0n) is 12.6. The molecule has 1 aliphatic rings. The molecule has 0 radical (unpaired) electrons. The van der Waals surface area contributed by atoms with Gasteiger partial charge in [0.05, 0.1) is 0 Å². The lowest BCUT2D eigenvalue weighted by molar-refractivity contribution is 0.419. The predicted octanol–water partition coefficient (Wildman–Crippen LogP) is 5.01. The normalized spacial score (nSPS) is 16.4. The first-order chi connectivity index (χ1) is 10.4. The van der Waals surface area contributed by atoms with Gasteiger partial charge in [0, 0.05) is 16.7 Å². The van der Waals surface area contributed by atoms with Crippen LogP contribution in [0, 0.1) is 0 Å². The van der Waals surface area contributed by atoms with Crippen molar-refractivity contribution in [1.29, 1.82) is 0 Å². The minimum absolute atomic E-state index is 0.408. The summed E-state index contributed by atoms with van der Waals surface area (Å²) >= 11 is 1.91. The number of hydrogen-bond donors (Lipinski definition) is 1. The number of rotatable bonds is 6. The summed E-state index contributed by atoms with van der Waals surface area (Å²) in [5.41, 5.74) is 2.92. The van der Waals surface area contributed by atoms with Crippen LogP contribution in [0.2, 0.25) is 0 Å². The third kappa shape index (κ3) is 3.69. The number of nitrogens with one attached hydrogen (secondary N) is 1. The van der Waals surface area contributed by atoms with Gasteiger partial charge in [-0.1, -0.05) is 48.9 Å². The summed E-state index contributed by atoms with van der Waals surface area (Å²) in [6.07, 6.45) is 4.15. The van der Waals surface area contributed by atoms with E-state index in [4.69, 9.17) is 0 Å². The van der Waals surface area contributed by atoms with Gasteiger partial charge < -0.3 is 5.32 Å². The second-order valence-corrected chi connectivity index (χ2v) is 6.85. The fraction of sp³-hybridized carbons (Fsp3) is 0.368. The highest BCUT2D eigenvalue weighted by molar-refractivity contribution is 7.99. The molecule has 0 saturated heterocycles. The molecule has 1 unspecified atom stereocenters. The van der Waals surface area contributed by atoms with Crippen molar-refractivity contribution in [2.45, 2.75) is 36.1 Å². The standard InChI is InChI=1S/C19H23NS/c1-20-19(14-21-18-8-3-2-4-9-18)17-12-10-16(11-13-17)15-6-5-7-15/h2-4,8-13,15,19-20H,5-7,14H2,1H3. The molecule has 0 aliphatic heterocycles. The van der Waals surface area contributed by atoms with E-state index in [0.29, 0.717) is 6.04 Å². The lowest BCUT2D eigenvalue weighted by Gasteiger charge is -2.26. The van der Waals surface area contributed by atoms with Gasteiger partial charge in [0.15, 0.2) is 0 Å². The SMILES string of the molecule is CNC(CSc1ccccc1)c1ccc(C2CCC2)cc1. The van der Waals surface area contributed by atoms with Gasteiger partial charge in [-0.15, -0.1) is 11.8 Å². The van der Waals surface area contributed by atoms with Crippen molar-refractivity contribution in [2.75, 3.05) is 12.8 Å². The first kappa shape index (κ1) is 14.7. The lowest BCUT2D eigenvalue weighted by Crippen LogP contribution is -2.19. The Balaban J connectivity index is 1.62. The van der Waals surface area contributed by atoms with Crippen molar-refractivity contribution in [3.8, 4) is 0 Å². The molecule has 0 amide bonds. The summed E-state index contributed by atoms with van der Waals surface area (Å²) in [4.78, 5) is 1.34. The Morgan fingerprint density at radius 1 is 1.05 bits per heavy atom. The Kier molecular flexibility index (Phi) is 5.00. The van der Waals surface area contributed by atoms with E-state index in [-0.39, 0.29) is 0 Å². The van der Waals surface area contributed by atoms with Crippen LogP contribution < -0.4 is 5.32 Å². The number of hydrogen-bond acceptors (Lipinski definition) is 2. The molecule has 0 aromatic heterocycles. The maximum atomic E-state index is 3.44. The Hall–Kier alpha value is -1.25. The third-order valence-electron chi connectivity index (χ3n) is 4.42. The number of benzene rings is 2. The maximum Gasteiger partial charge on any atom is 0.0412 e. The number of thioether (sulfide) groups is 1. The zero-order chi connectivity index (χ0) is 14.5. The van der Waals surface area contributed by atoms with E-state index in [1.165, 1.54) is 35.3 Å². The van der Waals surface area contributed by atoms with E-state index in [1.54, 1.807) is 0 Å². The molecular formula is C19H23NS. The summed E-state index contributed by atoms with van der Waals surface area (Å²) in [6.45, 7) is 0. The Bertz CT molecular complexity index is 546. The molecule has 1 aliphatic carbocycles. The van der Waals surface area contributed by atoms with Crippen molar-refractivity contribution in [2.24, 2.45) is 0 Å². The van der Waals surface area contributed by atoms with Crippen LogP contribution in [0.4, 0.5) is 0 Å². The summed E-state index contributed by atoms with van der Waals surface area (Å²) in [6, 6.07) is 20.3. The van der Waals surface area contributed by atoms with Crippen molar-refractivity contribution < 1.29 is 0 Å². The van der Waals surface area contributed by atoms with Crippen molar-refractivity contribution >= 4 is 11.8 Å². The van der Waals surface area contributed by atoms with Crippen LogP contribution in [0.5, 0.6) is 0 Å². The molecule has 110 valence electrons. The molecule has 2 aromatic carbocycles. The van der Waals surface area contributed by atoms with E-state index >= 15 is 0 Å². The van der Waals surface area contributed by atoms with Crippen molar-refractivity contribution in [3.63, 3.8) is 0 Å². The lowest BCUT2D eigenvalue weighted by atomic mass is 9.80. The van der Waals surface area contributed by atoms with Crippen LogP contribution in [0.25, 0.3) is 0 Å². The predicted molar refractivity (Wildman–Crippen MR) is 92.0 cm³/mol. The van der Waals surface area contributed by atoms with Crippen LogP contribution in [0.1, 0.15) is 42.3 Å². The Labute approximate surface area is 132 Å². The van der Waals surface area contributed by atoms with Crippen molar-refractivity contribution in [1.82, 2.24) is 5.32 Å². The summed E-state index contributed by atoms with van der Waals surface area (Å²) in [7, 11) is 2.05. The molecular weight excluding hydrogens is 274 g/mol. The van der Waals surface area contributed by atoms with Crippen LogP contribution in [-0.2, 0) is 0 Å². The minimum atomic E-state index is 0.408. The van der Waals surface area contributed by atoms with Crippen LogP contribution in [0.15, 0.2) is 59.5 Å². The molecule has 1 N–H and O–H groups in total. The van der Waals surface area contributed by atoms with Crippen molar-refractivity contribution in [3.05, 3.63) is 65.7 Å². The quantitative estimate of drug-likeness (QED) is 0.752. The molecule has 2 aromatic rings. The zero-order valence-corrected chi connectivity index (χ0v) is 13.4. The largest absolute Gasteiger partial charge is 0.312 e. The van der Waals surface area contributed by atoms with E-state index in [1.807, 2.05) is 11.8 Å². The summed E-state index contributed by atoms with van der Waals surface area (Å²) in [5, 5.41) is 3.44. The van der Waals surface area contributed by atoms with Gasteiger partial charge in [0.2, 0.25) is 0 Å². The van der Waals surface area contributed by atoms with Crippen LogP contribution in [0.3, 0.4) is 0 Å². The monoisotopic (exact) mass is 297 g/mol. The van der Waals surface area contributed by atoms with E-state index in [0.717, 1.165) is 11.7 Å². The molecule has 2 heteroatoms. The van der Waals surface area contributed by atoms with E-state index < -0.39 is 0 Å². The van der Waals surface area contributed by atoms with Gasteiger partial charge >= 0.3 is 0 Å². The minimum Gasteiger partial charge on any atom is -0.312 e. The highest BCUT2D eigenvalue weighted by Crippen LogP contribution is 2.36. The van der Waals surface area contributed by atoms with Crippen LogP contribution >= 0.6 is 11.8 Å². The Morgan fingerprint density at radius 2 is 1.76 bits per heavy atom. The molecule has 1 atom stereocenters. The molecule has 3 rings (SSSR count). The average molecular weight is 297 g/mol. The van der Waals surface area contributed by atoms with Gasteiger partial charge in [-0.3, -0.25) is 0 Å². The molecule has 0 spiro atoms. The van der Waals surface area contributed by atoms with Gasteiger partial charge in [0.25, 0.3) is 0 Å². The molecule has 0 bridgehead atoms. The highest BCUT2D eigenvalue weighted by Gasteiger charge is 2.19. The summed E-state index contributed by atoms with van der Waals surface area (Å²) in [5.74, 6) is 1.88. The van der Waals surface area contributed by atoms with E-state index in [9.17, 15) is 0 Å². The van der Waals surface area contributed by atoms with Gasteiger partial charge in [-0.2, -0.15) is 0 Å². The van der Waals surface area contributed by atoms with Gasteiger partial charge in [0.1, 0.15) is 0 Å². The smallest absolute Gasteiger partial charge is 0.0412 e. The average Bonchev–Trinajstić information content (AvgIpc) is 2.49. The second-order valence-electron chi connectivity index (χ2n) is 5.76. The first-order valence-corrected chi connectivity index (χ1v) is 8.80. The fourth-order valence-electron chi connectivity index (χ4n) is 2.78. The molecule has 1 fully saturated rings.